The first kappa shape index (κ1) is 18.6. The van der Waals surface area contributed by atoms with E-state index < -0.39 is 23.8 Å². The number of rotatable bonds is 5. The standard InChI is InChI=1S/C18H18F3NO3/c1-11-7-8-16(24-3)15(9-11)22-17(23)12(2)25-14-6-4-5-13(10-14)18(19,20)21/h4-10,12H,1-3H3,(H,22,23)/t12-/m0/s1. The number of hydrogen-bond acceptors (Lipinski definition) is 3. The molecule has 1 N–H and O–H groups in total. The number of nitrogens with one attached hydrogen (secondary N) is 1. The zero-order valence-corrected chi connectivity index (χ0v) is 14.0. The van der Waals surface area contributed by atoms with Gasteiger partial charge >= 0.3 is 6.18 Å². The molecule has 25 heavy (non-hydrogen) atoms. The maximum Gasteiger partial charge on any atom is 0.416 e. The number of carbonyl (C=O) groups is 1. The lowest BCUT2D eigenvalue weighted by atomic mass is 10.2. The number of methoxy groups -OCH3 is 1. The normalized spacial score (nSPS) is 12.4. The lowest BCUT2D eigenvalue weighted by Crippen LogP contribution is -2.30. The van der Waals surface area contributed by atoms with E-state index in [9.17, 15) is 18.0 Å². The zero-order chi connectivity index (χ0) is 18.6. The molecule has 0 radical (unpaired) electrons. The van der Waals surface area contributed by atoms with Gasteiger partial charge in [0.15, 0.2) is 6.10 Å². The van der Waals surface area contributed by atoms with E-state index in [1.165, 1.54) is 26.2 Å². The third kappa shape index (κ3) is 4.89. The van der Waals surface area contributed by atoms with Crippen molar-refractivity contribution in [3.8, 4) is 11.5 Å². The molecule has 0 aliphatic rings. The second-order valence-electron chi connectivity index (χ2n) is 5.48. The van der Waals surface area contributed by atoms with Crippen molar-refractivity contribution >= 4 is 11.6 Å². The van der Waals surface area contributed by atoms with E-state index in [4.69, 9.17) is 9.47 Å². The number of alkyl halides is 3. The van der Waals surface area contributed by atoms with Gasteiger partial charge in [-0.1, -0.05) is 12.1 Å². The molecule has 1 atom stereocenters. The average Bonchev–Trinajstić information content (AvgIpc) is 2.54. The van der Waals surface area contributed by atoms with E-state index in [0.717, 1.165) is 17.7 Å². The molecule has 2 aromatic carbocycles. The number of amides is 1. The summed E-state index contributed by atoms with van der Waals surface area (Å²) in [6, 6.07) is 9.67. The summed E-state index contributed by atoms with van der Waals surface area (Å²) < 4.78 is 48.7. The topological polar surface area (TPSA) is 47.6 Å². The maximum absolute atomic E-state index is 12.7. The Morgan fingerprint density at radius 2 is 1.88 bits per heavy atom. The third-order valence-corrected chi connectivity index (χ3v) is 3.46. The summed E-state index contributed by atoms with van der Waals surface area (Å²) in [4.78, 5) is 12.3. The Morgan fingerprint density at radius 1 is 1.16 bits per heavy atom. The second kappa shape index (κ2) is 7.46. The molecular weight excluding hydrogens is 335 g/mol. The van der Waals surface area contributed by atoms with E-state index in [1.807, 2.05) is 13.0 Å². The molecule has 2 aromatic rings. The lowest BCUT2D eigenvalue weighted by molar-refractivity contribution is -0.137. The number of aryl methyl sites for hydroxylation is 1. The summed E-state index contributed by atoms with van der Waals surface area (Å²) in [6.45, 7) is 3.32. The molecular formula is C18H18F3NO3. The van der Waals surface area contributed by atoms with Crippen molar-refractivity contribution < 1.29 is 27.4 Å². The fourth-order valence-electron chi connectivity index (χ4n) is 2.16. The first-order valence-electron chi connectivity index (χ1n) is 7.50. The minimum atomic E-state index is -4.47. The summed E-state index contributed by atoms with van der Waals surface area (Å²) >= 11 is 0. The van der Waals surface area contributed by atoms with Crippen molar-refractivity contribution in [2.45, 2.75) is 26.1 Å². The second-order valence-corrected chi connectivity index (χ2v) is 5.48. The van der Waals surface area contributed by atoms with Crippen LogP contribution in [0.4, 0.5) is 18.9 Å². The highest BCUT2D eigenvalue weighted by atomic mass is 19.4. The zero-order valence-electron chi connectivity index (χ0n) is 14.0. The highest BCUT2D eigenvalue weighted by Crippen LogP contribution is 2.31. The van der Waals surface area contributed by atoms with Gasteiger partial charge in [0.05, 0.1) is 18.4 Å². The quantitative estimate of drug-likeness (QED) is 0.865. The van der Waals surface area contributed by atoms with E-state index in [1.54, 1.807) is 12.1 Å². The van der Waals surface area contributed by atoms with Gasteiger partial charge < -0.3 is 14.8 Å². The minimum absolute atomic E-state index is 0.0336. The molecule has 0 unspecified atom stereocenters. The van der Waals surface area contributed by atoms with E-state index in [2.05, 4.69) is 5.32 Å². The van der Waals surface area contributed by atoms with E-state index in [0.29, 0.717) is 11.4 Å². The Kier molecular flexibility index (Phi) is 5.56. The molecule has 7 heteroatoms. The monoisotopic (exact) mass is 353 g/mol. The molecule has 0 saturated heterocycles. The van der Waals surface area contributed by atoms with Crippen LogP contribution in [-0.4, -0.2) is 19.1 Å². The molecule has 0 saturated carbocycles. The lowest BCUT2D eigenvalue weighted by Gasteiger charge is -2.17. The van der Waals surface area contributed by atoms with Crippen LogP contribution < -0.4 is 14.8 Å². The van der Waals surface area contributed by atoms with Crippen LogP contribution in [-0.2, 0) is 11.0 Å². The van der Waals surface area contributed by atoms with Crippen molar-refractivity contribution in [2.24, 2.45) is 0 Å². The van der Waals surface area contributed by atoms with Crippen LogP contribution in [0.1, 0.15) is 18.1 Å². The number of ether oxygens (including phenoxy) is 2. The van der Waals surface area contributed by atoms with Crippen LogP contribution in [0.15, 0.2) is 42.5 Å². The van der Waals surface area contributed by atoms with Crippen molar-refractivity contribution in [3.63, 3.8) is 0 Å². The van der Waals surface area contributed by atoms with Gasteiger partial charge in [0.25, 0.3) is 5.91 Å². The van der Waals surface area contributed by atoms with E-state index >= 15 is 0 Å². The van der Waals surface area contributed by atoms with Gasteiger partial charge in [0, 0.05) is 0 Å². The van der Waals surface area contributed by atoms with Gasteiger partial charge in [0.1, 0.15) is 11.5 Å². The number of carbonyl (C=O) groups excluding carboxylic acids is 1. The summed E-state index contributed by atoms with van der Waals surface area (Å²) in [5.74, 6) is -0.0554. The van der Waals surface area contributed by atoms with Gasteiger partial charge in [-0.3, -0.25) is 4.79 Å². The van der Waals surface area contributed by atoms with Gasteiger partial charge in [-0.25, -0.2) is 0 Å². The molecule has 0 aliphatic heterocycles. The molecule has 0 aliphatic carbocycles. The highest BCUT2D eigenvalue weighted by molar-refractivity contribution is 5.95. The van der Waals surface area contributed by atoms with Crippen LogP contribution in [0, 0.1) is 6.92 Å². The fourth-order valence-corrected chi connectivity index (χ4v) is 2.16. The van der Waals surface area contributed by atoms with Crippen LogP contribution in [0.25, 0.3) is 0 Å². The first-order valence-corrected chi connectivity index (χ1v) is 7.50. The average molecular weight is 353 g/mol. The Morgan fingerprint density at radius 3 is 2.52 bits per heavy atom. The minimum Gasteiger partial charge on any atom is -0.495 e. The number of anilines is 1. The molecule has 1 amide bonds. The molecule has 134 valence electrons. The Bertz CT molecular complexity index is 759. The largest absolute Gasteiger partial charge is 0.495 e. The number of benzene rings is 2. The molecule has 0 spiro atoms. The number of hydrogen-bond donors (Lipinski definition) is 1. The smallest absolute Gasteiger partial charge is 0.416 e. The predicted octanol–water partition coefficient (Wildman–Crippen LogP) is 4.43. The predicted molar refractivity (Wildman–Crippen MR) is 87.9 cm³/mol. The van der Waals surface area contributed by atoms with Gasteiger partial charge in [0.2, 0.25) is 0 Å². The Balaban J connectivity index is 2.10. The van der Waals surface area contributed by atoms with Crippen LogP contribution >= 0.6 is 0 Å². The molecule has 2 rings (SSSR count). The van der Waals surface area contributed by atoms with Crippen LogP contribution in [0.5, 0.6) is 11.5 Å². The van der Waals surface area contributed by atoms with Gasteiger partial charge in [-0.2, -0.15) is 13.2 Å². The Hall–Kier alpha value is -2.70. The van der Waals surface area contributed by atoms with Crippen molar-refractivity contribution in [1.82, 2.24) is 0 Å². The third-order valence-electron chi connectivity index (χ3n) is 3.46. The summed E-state index contributed by atoms with van der Waals surface area (Å²) in [5.41, 5.74) is 0.549. The van der Waals surface area contributed by atoms with Gasteiger partial charge in [-0.15, -0.1) is 0 Å². The molecule has 4 nitrogen and oxygen atoms in total. The molecule has 0 aromatic heterocycles. The maximum atomic E-state index is 12.7. The van der Waals surface area contributed by atoms with Gasteiger partial charge in [-0.05, 0) is 49.7 Å². The first-order chi connectivity index (χ1) is 11.7. The Labute approximate surface area is 143 Å². The van der Waals surface area contributed by atoms with Crippen molar-refractivity contribution in [3.05, 3.63) is 53.6 Å². The molecule has 0 fully saturated rings. The SMILES string of the molecule is COc1ccc(C)cc1NC(=O)[C@H](C)Oc1cccc(C(F)(F)F)c1. The summed E-state index contributed by atoms with van der Waals surface area (Å²) in [6.07, 6.45) is -5.46. The summed E-state index contributed by atoms with van der Waals surface area (Å²) in [7, 11) is 1.48. The number of halogens is 3. The van der Waals surface area contributed by atoms with Crippen molar-refractivity contribution in [1.29, 1.82) is 0 Å². The van der Waals surface area contributed by atoms with Crippen LogP contribution in [0.2, 0.25) is 0 Å². The molecule has 0 bridgehead atoms. The summed E-state index contributed by atoms with van der Waals surface area (Å²) in [5, 5.41) is 2.66. The van der Waals surface area contributed by atoms with E-state index in [-0.39, 0.29) is 5.75 Å². The molecule has 0 heterocycles. The fraction of sp³-hybridized carbons (Fsp3) is 0.278. The van der Waals surface area contributed by atoms with Crippen molar-refractivity contribution in [2.75, 3.05) is 12.4 Å². The highest BCUT2D eigenvalue weighted by Gasteiger charge is 2.31. The van der Waals surface area contributed by atoms with Crippen LogP contribution in [0.3, 0.4) is 0 Å².